The van der Waals surface area contributed by atoms with Crippen LogP contribution in [0.1, 0.15) is 0 Å². The van der Waals surface area contributed by atoms with Gasteiger partial charge in [0.15, 0.2) is 12.6 Å². The SMILES string of the molecule is O=P(O)(O)OC1OC(CO)C(OC2OC(CO)C(O)C(O)C2O)C(O)C1O.[Ba]. The Hall–Kier alpha value is 1.28. The van der Waals surface area contributed by atoms with Crippen LogP contribution in [0.15, 0.2) is 0 Å². The molecule has 28 heavy (non-hydrogen) atoms. The van der Waals surface area contributed by atoms with E-state index < -0.39 is 82.4 Å². The summed E-state index contributed by atoms with van der Waals surface area (Å²) in [6.45, 7) is -1.59. The summed E-state index contributed by atoms with van der Waals surface area (Å²) in [5.74, 6) is 0. The molecule has 0 aromatic carbocycles. The normalized spacial score (nSPS) is 44.8. The van der Waals surface area contributed by atoms with Crippen molar-refractivity contribution in [3.05, 3.63) is 0 Å². The van der Waals surface area contributed by atoms with E-state index in [-0.39, 0.29) is 48.9 Å². The minimum atomic E-state index is -5.10. The van der Waals surface area contributed by atoms with Crippen molar-refractivity contribution >= 4 is 56.7 Å². The Kier molecular flexibility index (Phi) is 11.0. The monoisotopic (exact) mass is 560 g/mol. The minimum Gasteiger partial charge on any atom is -0.394 e. The molecule has 0 bridgehead atoms. The largest absolute Gasteiger partial charge is 0.472 e. The van der Waals surface area contributed by atoms with Gasteiger partial charge in [0.25, 0.3) is 0 Å². The van der Waals surface area contributed by atoms with Crippen LogP contribution in [0.3, 0.4) is 0 Å². The molecule has 2 aliphatic heterocycles. The van der Waals surface area contributed by atoms with Gasteiger partial charge in [0.1, 0.15) is 48.8 Å². The fourth-order valence-electron chi connectivity index (χ4n) is 2.78. The number of rotatable bonds is 6. The molecule has 2 fully saturated rings. The van der Waals surface area contributed by atoms with Crippen molar-refractivity contribution in [2.45, 2.75) is 61.4 Å². The van der Waals surface area contributed by atoms with E-state index in [9.17, 15) is 35.2 Å². The van der Waals surface area contributed by atoms with Crippen molar-refractivity contribution in [2.75, 3.05) is 13.2 Å². The summed E-state index contributed by atoms with van der Waals surface area (Å²) < 4.78 is 30.4. The van der Waals surface area contributed by atoms with Crippen molar-refractivity contribution in [1.29, 1.82) is 0 Å². The zero-order chi connectivity index (χ0) is 20.5. The molecule has 10 unspecified atom stereocenters. The standard InChI is InChI=1S/C12H23O14P.Ba/c13-1-3-5(15)6(16)8(18)11(23-3)25-10-4(2-14)24-12(9(19)7(10)17)26-27(20,21)22;/h3-19H,1-2H2,(H2,20,21,22);. The molecule has 2 saturated heterocycles. The maximum Gasteiger partial charge on any atom is 0.472 e. The first-order valence-corrected chi connectivity index (χ1v) is 9.35. The number of hydrogen-bond donors (Lipinski definition) is 9. The quantitative estimate of drug-likeness (QED) is 0.109. The molecule has 0 spiro atoms. The molecule has 10 atom stereocenters. The van der Waals surface area contributed by atoms with Crippen molar-refractivity contribution in [2.24, 2.45) is 0 Å². The number of aliphatic hydroxyl groups is 7. The molecule has 14 nitrogen and oxygen atoms in total. The zero-order valence-electron chi connectivity index (χ0n) is 14.4. The molecule has 9 N–H and O–H groups in total. The van der Waals surface area contributed by atoms with Gasteiger partial charge in [-0.05, 0) is 0 Å². The third-order valence-corrected chi connectivity index (χ3v) is 4.68. The number of phosphoric acid groups is 1. The Balaban J connectivity index is 0.00000392. The van der Waals surface area contributed by atoms with Crippen LogP contribution in [-0.4, -0.2) is 169 Å². The van der Waals surface area contributed by atoms with Crippen LogP contribution in [0.25, 0.3) is 0 Å². The number of phosphoric ester groups is 1. The predicted octanol–water partition coefficient (Wildman–Crippen LogP) is -5.66. The third kappa shape index (κ3) is 6.40. The molecule has 2 aliphatic rings. The average molecular weight is 560 g/mol. The fraction of sp³-hybridized carbons (Fsp3) is 1.00. The molecule has 2 heterocycles. The summed E-state index contributed by atoms with van der Waals surface area (Å²) in [6, 6.07) is 0. The van der Waals surface area contributed by atoms with E-state index in [2.05, 4.69) is 4.52 Å². The Bertz CT molecular complexity index is 530. The molecule has 162 valence electrons. The Morgan fingerprint density at radius 3 is 1.75 bits per heavy atom. The third-order valence-electron chi connectivity index (χ3n) is 4.20. The second-order valence-electron chi connectivity index (χ2n) is 6.10. The summed E-state index contributed by atoms with van der Waals surface area (Å²) >= 11 is 0. The number of aliphatic hydroxyl groups excluding tert-OH is 7. The molecule has 0 amide bonds. The molecule has 16 heteroatoms. The van der Waals surface area contributed by atoms with Crippen LogP contribution in [0.2, 0.25) is 0 Å². The van der Waals surface area contributed by atoms with Gasteiger partial charge >= 0.3 is 7.82 Å². The summed E-state index contributed by atoms with van der Waals surface area (Å²) in [7, 11) is -5.10. The maximum atomic E-state index is 10.9. The Labute approximate surface area is 198 Å². The molecular weight excluding hydrogens is 536 g/mol. The molecule has 2 rings (SSSR count). The molecule has 0 aromatic heterocycles. The van der Waals surface area contributed by atoms with E-state index >= 15 is 0 Å². The molecule has 2 radical (unpaired) electrons. The second-order valence-corrected chi connectivity index (χ2v) is 7.29. The van der Waals surface area contributed by atoms with Crippen LogP contribution < -0.4 is 0 Å². The van der Waals surface area contributed by atoms with Gasteiger partial charge < -0.3 is 59.7 Å². The first-order valence-electron chi connectivity index (χ1n) is 7.82. The first kappa shape index (κ1) is 27.3. The van der Waals surface area contributed by atoms with Crippen LogP contribution in [0.5, 0.6) is 0 Å². The van der Waals surface area contributed by atoms with Crippen LogP contribution in [-0.2, 0) is 23.3 Å². The smallest absolute Gasteiger partial charge is 0.394 e. The molecule has 0 aliphatic carbocycles. The number of ether oxygens (including phenoxy) is 3. The van der Waals surface area contributed by atoms with Gasteiger partial charge in [-0.1, -0.05) is 0 Å². The van der Waals surface area contributed by atoms with Crippen LogP contribution in [0, 0.1) is 0 Å². The Morgan fingerprint density at radius 2 is 1.25 bits per heavy atom. The summed E-state index contributed by atoms with van der Waals surface area (Å²) in [5.41, 5.74) is 0. The van der Waals surface area contributed by atoms with E-state index in [1.807, 2.05) is 0 Å². The van der Waals surface area contributed by atoms with Crippen molar-refractivity contribution in [3.63, 3.8) is 0 Å². The number of hydrogen-bond acceptors (Lipinski definition) is 12. The topological polar surface area (TPSA) is 236 Å². The predicted molar refractivity (Wildman–Crippen MR) is 85.3 cm³/mol. The first-order chi connectivity index (χ1) is 12.5. The fourth-order valence-corrected chi connectivity index (χ4v) is 3.22. The minimum absolute atomic E-state index is 0. The van der Waals surface area contributed by atoms with E-state index in [0.29, 0.717) is 0 Å². The van der Waals surface area contributed by atoms with Gasteiger partial charge in [0.05, 0.1) is 13.2 Å². The summed E-state index contributed by atoms with van der Waals surface area (Å²) in [5, 5.41) is 68.0. The summed E-state index contributed by atoms with van der Waals surface area (Å²) in [4.78, 5) is 17.6. The van der Waals surface area contributed by atoms with Gasteiger partial charge in [-0.15, -0.1) is 0 Å². The average Bonchev–Trinajstić information content (AvgIpc) is 2.60. The van der Waals surface area contributed by atoms with Gasteiger partial charge in [0.2, 0.25) is 0 Å². The molecular formula is C12H23BaO14P. The van der Waals surface area contributed by atoms with Gasteiger partial charge in [-0.25, -0.2) is 4.57 Å². The summed E-state index contributed by atoms with van der Waals surface area (Å²) in [6.07, 6.45) is -17.3. The van der Waals surface area contributed by atoms with Gasteiger partial charge in [-0.3, -0.25) is 4.52 Å². The molecule has 0 aromatic rings. The van der Waals surface area contributed by atoms with Crippen LogP contribution in [0.4, 0.5) is 0 Å². The van der Waals surface area contributed by atoms with Gasteiger partial charge in [0, 0.05) is 48.9 Å². The van der Waals surface area contributed by atoms with E-state index in [4.69, 9.17) is 29.1 Å². The van der Waals surface area contributed by atoms with E-state index in [1.165, 1.54) is 0 Å². The van der Waals surface area contributed by atoms with Crippen molar-refractivity contribution < 1.29 is 68.8 Å². The second kappa shape index (κ2) is 11.2. The van der Waals surface area contributed by atoms with Crippen molar-refractivity contribution in [3.8, 4) is 0 Å². The zero-order valence-corrected chi connectivity index (χ0v) is 19.7. The van der Waals surface area contributed by atoms with Gasteiger partial charge in [-0.2, -0.15) is 0 Å². The molecule has 0 saturated carbocycles. The van der Waals surface area contributed by atoms with E-state index in [0.717, 1.165) is 0 Å². The van der Waals surface area contributed by atoms with Crippen molar-refractivity contribution in [1.82, 2.24) is 0 Å². The van der Waals surface area contributed by atoms with Crippen LogP contribution >= 0.6 is 7.82 Å². The Morgan fingerprint density at radius 1 is 0.750 bits per heavy atom. The maximum absolute atomic E-state index is 10.9. The van der Waals surface area contributed by atoms with E-state index in [1.54, 1.807) is 0 Å².